The van der Waals surface area contributed by atoms with Gasteiger partial charge in [-0.25, -0.2) is 4.79 Å². The van der Waals surface area contributed by atoms with Crippen LogP contribution in [-0.4, -0.2) is 51.4 Å². The van der Waals surface area contributed by atoms with Gasteiger partial charge in [-0.2, -0.15) is 0 Å². The Morgan fingerprint density at radius 3 is 2.21 bits per heavy atom. The Kier molecular flexibility index (Phi) is 5.49. The first-order chi connectivity index (χ1) is 16.1. The van der Waals surface area contributed by atoms with Crippen molar-refractivity contribution in [1.29, 1.82) is 0 Å². The van der Waals surface area contributed by atoms with Gasteiger partial charge in [-0.3, -0.25) is 13.9 Å². The monoisotopic (exact) mass is 461 g/mol. The molecule has 178 valence electrons. The highest BCUT2D eigenvalue weighted by molar-refractivity contribution is 6.62. The highest BCUT2D eigenvalue weighted by Gasteiger charge is 2.51. The maximum absolute atomic E-state index is 13.6. The summed E-state index contributed by atoms with van der Waals surface area (Å²) in [5.41, 5.74) is 3.19. The second kappa shape index (κ2) is 8.13. The Balaban J connectivity index is 1.52. The van der Waals surface area contributed by atoms with Gasteiger partial charge >= 0.3 is 12.8 Å². The van der Waals surface area contributed by atoms with E-state index in [0.717, 1.165) is 53.7 Å². The molecular formula is C26H32BN3O4. The predicted molar refractivity (Wildman–Crippen MR) is 134 cm³/mol. The molecule has 0 unspecified atom stereocenters. The van der Waals surface area contributed by atoms with E-state index in [2.05, 4.69) is 0 Å². The number of hydrogen-bond donors (Lipinski definition) is 0. The smallest absolute Gasteiger partial charge is 0.399 e. The van der Waals surface area contributed by atoms with E-state index in [9.17, 15) is 9.59 Å². The minimum Gasteiger partial charge on any atom is -0.399 e. The molecule has 0 aliphatic carbocycles. The average Bonchev–Trinajstić information content (AvgIpc) is 3.46. The van der Waals surface area contributed by atoms with E-state index < -0.39 is 18.3 Å². The number of likely N-dealkylation sites (tertiary alicyclic amines) is 1. The summed E-state index contributed by atoms with van der Waals surface area (Å²) >= 11 is 0. The summed E-state index contributed by atoms with van der Waals surface area (Å²) in [6.45, 7) is 11.7. The van der Waals surface area contributed by atoms with Crippen molar-refractivity contribution in [1.82, 2.24) is 14.0 Å². The van der Waals surface area contributed by atoms with E-state index in [0.29, 0.717) is 0 Å². The highest BCUT2D eigenvalue weighted by Crippen LogP contribution is 2.36. The Morgan fingerprint density at radius 1 is 0.971 bits per heavy atom. The molecule has 2 aliphatic heterocycles. The van der Waals surface area contributed by atoms with Gasteiger partial charge in [0.25, 0.3) is 0 Å². The normalized spacial score (nSPS) is 19.3. The number of aryl methyl sites for hydroxylation is 1. The summed E-state index contributed by atoms with van der Waals surface area (Å²) in [5.74, 6) is -0.00346. The molecule has 0 atom stereocenters. The zero-order valence-electron chi connectivity index (χ0n) is 20.6. The first-order valence-electron chi connectivity index (χ1n) is 12.0. The second-order valence-corrected chi connectivity index (χ2v) is 10.4. The van der Waals surface area contributed by atoms with Crippen LogP contribution in [0.15, 0.2) is 47.3 Å². The molecule has 7 nitrogen and oxygen atoms in total. The summed E-state index contributed by atoms with van der Waals surface area (Å²) in [6, 6.07) is 13.6. The largest absolute Gasteiger partial charge is 0.494 e. The average molecular weight is 461 g/mol. The van der Waals surface area contributed by atoms with Crippen molar-refractivity contribution in [3.8, 4) is 5.69 Å². The molecular weight excluding hydrogens is 429 g/mol. The van der Waals surface area contributed by atoms with E-state index in [1.165, 1.54) is 0 Å². The van der Waals surface area contributed by atoms with Gasteiger partial charge < -0.3 is 14.2 Å². The van der Waals surface area contributed by atoms with Crippen molar-refractivity contribution in [2.75, 3.05) is 13.1 Å². The number of aromatic nitrogens is 2. The lowest BCUT2D eigenvalue weighted by Crippen LogP contribution is -2.41. The molecule has 2 fully saturated rings. The van der Waals surface area contributed by atoms with Crippen LogP contribution in [0.4, 0.5) is 0 Å². The number of nitrogens with zero attached hydrogens (tertiary/aromatic N) is 3. The first kappa shape index (κ1) is 22.9. The second-order valence-electron chi connectivity index (χ2n) is 10.4. The molecule has 0 N–H and O–H groups in total. The maximum Gasteiger partial charge on any atom is 0.494 e. The zero-order chi connectivity index (χ0) is 24.3. The summed E-state index contributed by atoms with van der Waals surface area (Å²) in [4.78, 5) is 28.3. The third-order valence-electron chi connectivity index (χ3n) is 7.58. The summed E-state index contributed by atoms with van der Waals surface area (Å²) in [7, 11) is -0.461. The SMILES string of the molecule is Cc1cccc2c1n(-c1ccc(B3OC(C)(C)C(C)(C)O3)cc1)c(=O)n2CC(=O)N1CCCC1. The Labute approximate surface area is 200 Å². The van der Waals surface area contributed by atoms with Gasteiger partial charge in [0, 0.05) is 13.1 Å². The molecule has 0 bridgehead atoms. The molecule has 3 heterocycles. The molecule has 34 heavy (non-hydrogen) atoms. The number of amides is 1. The molecule has 2 aromatic carbocycles. The van der Waals surface area contributed by atoms with E-state index in [1.807, 2.05) is 82.0 Å². The van der Waals surface area contributed by atoms with E-state index in [-0.39, 0.29) is 18.1 Å². The third kappa shape index (κ3) is 3.69. The Bertz CT molecular complexity index is 1280. The van der Waals surface area contributed by atoms with Gasteiger partial charge in [-0.05, 0) is 76.7 Å². The molecule has 0 radical (unpaired) electrons. The van der Waals surface area contributed by atoms with E-state index in [1.54, 1.807) is 9.13 Å². The number of imidazole rings is 1. The number of carbonyl (C=O) groups is 1. The zero-order valence-corrected chi connectivity index (χ0v) is 20.6. The van der Waals surface area contributed by atoms with Gasteiger partial charge in [0.2, 0.25) is 5.91 Å². The minimum atomic E-state index is -0.461. The van der Waals surface area contributed by atoms with Gasteiger partial charge in [-0.1, -0.05) is 24.3 Å². The minimum absolute atomic E-state index is 0.00346. The Morgan fingerprint density at radius 2 is 1.59 bits per heavy atom. The molecule has 1 amide bonds. The standard InChI is InChI=1S/C26H32BN3O4/c1-18-9-8-10-21-23(18)30(24(32)29(21)17-22(31)28-15-6-7-16-28)20-13-11-19(12-14-20)27-33-25(2,3)26(4,5)34-27/h8-14H,6-7,15-17H2,1-5H3. The fourth-order valence-corrected chi connectivity index (χ4v) is 4.83. The van der Waals surface area contributed by atoms with Crippen molar-refractivity contribution >= 4 is 29.5 Å². The molecule has 2 saturated heterocycles. The van der Waals surface area contributed by atoms with Crippen LogP contribution in [0.1, 0.15) is 46.1 Å². The van der Waals surface area contributed by atoms with Crippen LogP contribution in [0.5, 0.6) is 0 Å². The van der Waals surface area contributed by atoms with Gasteiger partial charge in [0.1, 0.15) is 6.54 Å². The molecule has 0 saturated carbocycles. The molecule has 1 aromatic heterocycles. The third-order valence-corrected chi connectivity index (χ3v) is 7.58. The Hall–Kier alpha value is -2.84. The van der Waals surface area contributed by atoms with Crippen molar-refractivity contribution in [3.05, 3.63) is 58.5 Å². The van der Waals surface area contributed by atoms with Gasteiger partial charge in [0.05, 0.1) is 27.9 Å². The van der Waals surface area contributed by atoms with Crippen LogP contribution >= 0.6 is 0 Å². The summed E-state index contributed by atoms with van der Waals surface area (Å²) < 4.78 is 15.6. The van der Waals surface area contributed by atoms with E-state index >= 15 is 0 Å². The van der Waals surface area contributed by atoms with Crippen molar-refractivity contribution in [2.24, 2.45) is 0 Å². The van der Waals surface area contributed by atoms with Crippen LogP contribution < -0.4 is 11.2 Å². The lowest BCUT2D eigenvalue weighted by atomic mass is 9.79. The van der Waals surface area contributed by atoms with Crippen LogP contribution in [0.2, 0.25) is 0 Å². The van der Waals surface area contributed by atoms with E-state index in [4.69, 9.17) is 9.31 Å². The number of hydrogen-bond acceptors (Lipinski definition) is 4. The number of carbonyl (C=O) groups excluding carboxylic acids is 1. The lowest BCUT2D eigenvalue weighted by Gasteiger charge is -2.32. The van der Waals surface area contributed by atoms with Gasteiger partial charge in [0.15, 0.2) is 0 Å². The predicted octanol–water partition coefficient (Wildman–Crippen LogP) is 3.02. The number of fused-ring (bicyclic) bond motifs is 1. The van der Waals surface area contributed by atoms with Crippen molar-refractivity contribution in [2.45, 2.75) is 65.2 Å². The van der Waals surface area contributed by atoms with Crippen LogP contribution in [0.25, 0.3) is 16.7 Å². The van der Waals surface area contributed by atoms with Crippen LogP contribution in [0.3, 0.4) is 0 Å². The topological polar surface area (TPSA) is 65.7 Å². The van der Waals surface area contributed by atoms with Gasteiger partial charge in [-0.15, -0.1) is 0 Å². The molecule has 8 heteroatoms. The molecule has 0 spiro atoms. The molecule has 5 rings (SSSR count). The van der Waals surface area contributed by atoms with Crippen molar-refractivity contribution in [3.63, 3.8) is 0 Å². The quantitative estimate of drug-likeness (QED) is 0.561. The van der Waals surface area contributed by atoms with Crippen LogP contribution in [0, 0.1) is 6.92 Å². The number of rotatable bonds is 4. The summed E-state index contributed by atoms with van der Waals surface area (Å²) in [5, 5.41) is 0. The van der Waals surface area contributed by atoms with Crippen LogP contribution in [-0.2, 0) is 20.6 Å². The number of para-hydroxylation sites is 1. The first-order valence-corrected chi connectivity index (χ1v) is 12.0. The highest BCUT2D eigenvalue weighted by atomic mass is 16.7. The summed E-state index contributed by atoms with van der Waals surface area (Å²) in [6.07, 6.45) is 2.05. The fourth-order valence-electron chi connectivity index (χ4n) is 4.83. The fraction of sp³-hybridized carbons (Fsp3) is 0.462. The molecule has 3 aromatic rings. The molecule has 2 aliphatic rings. The number of benzene rings is 2. The maximum atomic E-state index is 13.6. The lowest BCUT2D eigenvalue weighted by molar-refractivity contribution is -0.130. The van der Waals surface area contributed by atoms with Crippen molar-refractivity contribution < 1.29 is 14.1 Å².